The molecule has 1 amide bonds. The molecule has 5 nitrogen and oxygen atoms in total. The Balaban J connectivity index is 1.91. The summed E-state index contributed by atoms with van der Waals surface area (Å²) in [6.45, 7) is 4.78. The summed E-state index contributed by atoms with van der Waals surface area (Å²) in [4.78, 5) is 12.5. The van der Waals surface area contributed by atoms with Crippen molar-refractivity contribution >= 4 is 44.8 Å². The Hall–Kier alpha value is -1.67. The van der Waals surface area contributed by atoms with Gasteiger partial charge in [0.05, 0.1) is 21.2 Å². The molecule has 0 unspecified atom stereocenters. The third kappa shape index (κ3) is 4.91. The van der Waals surface area contributed by atoms with Crippen LogP contribution in [0.2, 0.25) is 10.0 Å². The first kappa shape index (κ1) is 22.0. The number of halogens is 3. The number of anilines is 1. The molecule has 1 N–H and O–H groups in total. The van der Waals surface area contributed by atoms with E-state index in [0.717, 1.165) is 18.6 Å². The number of benzene rings is 2. The monoisotopic (exact) mass is 458 g/mol. The lowest BCUT2D eigenvalue weighted by atomic mass is 9.94. The van der Waals surface area contributed by atoms with Crippen LogP contribution in [0.4, 0.5) is 10.1 Å². The molecule has 9 heteroatoms. The van der Waals surface area contributed by atoms with Crippen molar-refractivity contribution in [1.29, 1.82) is 0 Å². The quantitative estimate of drug-likeness (QED) is 0.696. The smallest absolute Gasteiger partial charge is 0.258 e. The summed E-state index contributed by atoms with van der Waals surface area (Å²) in [5.74, 6) is -1.20. The Kier molecular flexibility index (Phi) is 6.53. The number of piperidine rings is 1. The molecule has 3 rings (SSSR count). The molecule has 1 saturated heterocycles. The van der Waals surface area contributed by atoms with E-state index in [4.69, 9.17) is 23.2 Å². The van der Waals surface area contributed by atoms with Gasteiger partial charge in [-0.05, 0) is 54.7 Å². The molecule has 1 fully saturated rings. The second-order valence-electron chi connectivity index (χ2n) is 7.49. The minimum Gasteiger partial charge on any atom is -0.320 e. The van der Waals surface area contributed by atoms with Gasteiger partial charge in [-0.2, -0.15) is 4.31 Å². The van der Waals surface area contributed by atoms with E-state index in [0.29, 0.717) is 18.1 Å². The first-order valence-electron chi connectivity index (χ1n) is 9.14. The third-order valence-electron chi connectivity index (χ3n) is 4.83. The highest BCUT2D eigenvalue weighted by Gasteiger charge is 2.32. The van der Waals surface area contributed by atoms with Crippen LogP contribution in [0.25, 0.3) is 0 Å². The second-order valence-corrected chi connectivity index (χ2v) is 10.3. The minimum absolute atomic E-state index is 0.123. The van der Waals surface area contributed by atoms with Crippen LogP contribution in [0.1, 0.15) is 30.6 Å². The highest BCUT2D eigenvalue weighted by Crippen LogP contribution is 2.29. The summed E-state index contributed by atoms with van der Waals surface area (Å²) in [5, 5.41) is 3.04. The summed E-state index contributed by atoms with van der Waals surface area (Å²) in [6.07, 6.45) is 0.948. The van der Waals surface area contributed by atoms with Gasteiger partial charge in [-0.15, -0.1) is 0 Å². The van der Waals surface area contributed by atoms with Crippen LogP contribution in [-0.2, 0) is 10.0 Å². The highest BCUT2D eigenvalue weighted by molar-refractivity contribution is 7.89. The molecule has 0 aliphatic carbocycles. The maximum absolute atomic E-state index is 14.3. The van der Waals surface area contributed by atoms with Gasteiger partial charge in [0.2, 0.25) is 10.0 Å². The Morgan fingerprint density at radius 2 is 1.76 bits per heavy atom. The lowest BCUT2D eigenvalue weighted by Crippen LogP contribution is -2.42. The van der Waals surface area contributed by atoms with Crippen LogP contribution in [0, 0.1) is 17.7 Å². The summed E-state index contributed by atoms with van der Waals surface area (Å²) in [5.41, 5.74) is -0.185. The number of carbonyl (C=O) groups excluding carboxylic acids is 1. The highest BCUT2D eigenvalue weighted by atomic mass is 35.5. The molecular formula is C20H21Cl2FN2O3S. The van der Waals surface area contributed by atoms with E-state index in [1.807, 2.05) is 13.8 Å². The number of hydrogen-bond donors (Lipinski definition) is 1. The molecule has 2 aromatic rings. The van der Waals surface area contributed by atoms with Crippen molar-refractivity contribution in [2.75, 3.05) is 18.4 Å². The fraction of sp³-hybridized carbons (Fsp3) is 0.350. The second kappa shape index (κ2) is 8.60. The summed E-state index contributed by atoms with van der Waals surface area (Å²) in [7, 11) is -3.85. The van der Waals surface area contributed by atoms with E-state index in [-0.39, 0.29) is 33.0 Å². The fourth-order valence-corrected chi connectivity index (χ4v) is 5.62. The Labute approximate surface area is 179 Å². The number of hydrogen-bond acceptors (Lipinski definition) is 3. The normalized spacial score (nSPS) is 20.4. The number of amides is 1. The zero-order valence-electron chi connectivity index (χ0n) is 16.0. The number of nitrogens with one attached hydrogen (secondary N) is 1. The van der Waals surface area contributed by atoms with Crippen molar-refractivity contribution < 1.29 is 17.6 Å². The molecule has 2 atom stereocenters. The minimum atomic E-state index is -3.85. The molecule has 1 heterocycles. The maximum Gasteiger partial charge on any atom is 0.258 e. The molecule has 0 aromatic heterocycles. The molecule has 0 bridgehead atoms. The third-order valence-corrected chi connectivity index (χ3v) is 7.22. The van der Waals surface area contributed by atoms with Crippen LogP contribution in [0.15, 0.2) is 41.3 Å². The Morgan fingerprint density at radius 1 is 1.10 bits per heavy atom. The number of nitrogens with zero attached hydrogens (tertiary/aromatic N) is 1. The zero-order chi connectivity index (χ0) is 21.3. The van der Waals surface area contributed by atoms with E-state index in [1.54, 1.807) is 6.07 Å². The van der Waals surface area contributed by atoms with E-state index in [2.05, 4.69) is 5.32 Å². The zero-order valence-corrected chi connectivity index (χ0v) is 18.3. The lowest BCUT2D eigenvalue weighted by molar-refractivity contribution is 0.102. The van der Waals surface area contributed by atoms with E-state index in [9.17, 15) is 17.6 Å². The first-order chi connectivity index (χ1) is 13.6. The first-order valence-corrected chi connectivity index (χ1v) is 11.3. The van der Waals surface area contributed by atoms with Crippen molar-refractivity contribution in [2.45, 2.75) is 25.2 Å². The Bertz CT molecular complexity index is 1040. The molecule has 1 aliphatic heterocycles. The van der Waals surface area contributed by atoms with Gasteiger partial charge in [-0.3, -0.25) is 4.79 Å². The topological polar surface area (TPSA) is 66.5 Å². The van der Waals surface area contributed by atoms with Crippen LogP contribution in [0.5, 0.6) is 0 Å². The van der Waals surface area contributed by atoms with E-state index < -0.39 is 21.7 Å². The van der Waals surface area contributed by atoms with Crippen molar-refractivity contribution in [3.05, 3.63) is 57.8 Å². The Morgan fingerprint density at radius 3 is 2.41 bits per heavy atom. The van der Waals surface area contributed by atoms with Gasteiger partial charge in [0.15, 0.2) is 0 Å². The van der Waals surface area contributed by atoms with Crippen LogP contribution >= 0.6 is 23.2 Å². The predicted molar refractivity (Wildman–Crippen MR) is 113 cm³/mol. The fourth-order valence-electron chi connectivity index (χ4n) is 3.57. The predicted octanol–water partition coefficient (Wildman–Crippen LogP) is 5.05. The molecule has 0 radical (unpaired) electrons. The van der Waals surface area contributed by atoms with Gasteiger partial charge < -0.3 is 5.32 Å². The average molecular weight is 459 g/mol. The molecule has 0 saturated carbocycles. The van der Waals surface area contributed by atoms with Crippen LogP contribution in [-0.4, -0.2) is 31.7 Å². The molecule has 0 spiro atoms. The largest absolute Gasteiger partial charge is 0.320 e. The van der Waals surface area contributed by atoms with E-state index in [1.165, 1.54) is 22.5 Å². The van der Waals surface area contributed by atoms with Crippen LogP contribution < -0.4 is 5.32 Å². The number of sulfonamides is 1. The van der Waals surface area contributed by atoms with Gasteiger partial charge in [0, 0.05) is 18.1 Å². The number of rotatable bonds is 4. The van der Waals surface area contributed by atoms with Gasteiger partial charge in [-0.1, -0.05) is 37.0 Å². The van der Waals surface area contributed by atoms with Gasteiger partial charge >= 0.3 is 0 Å². The van der Waals surface area contributed by atoms with Crippen LogP contribution in [0.3, 0.4) is 0 Å². The van der Waals surface area contributed by atoms with Crippen molar-refractivity contribution in [1.82, 2.24) is 4.31 Å². The number of carbonyl (C=O) groups is 1. The van der Waals surface area contributed by atoms with Crippen molar-refractivity contribution in [3.8, 4) is 0 Å². The lowest BCUT2D eigenvalue weighted by Gasteiger charge is -2.34. The summed E-state index contributed by atoms with van der Waals surface area (Å²) in [6, 6.07) is 7.69. The van der Waals surface area contributed by atoms with E-state index >= 15 is 0 Å². The van der Waals surface area contributed by atoms with Crippen molar-refractivity contribution in [2.24, 2.45) is 11.8 Å². The molecule has 156 valence electrons. The maximum atomic E-state index is 14.3. The van der Waals surface area contributed by atoms with Gasteiger partial charge in [-0.25, -0.2) is 12.8 Å². The molecule has 29 heavy (non-hydrogen) atoms. The SMILES string of the molecule is C[C@H]1C[C@H](C)CN(S(=O)(=O)c2ccc(F)c(C(=O)Nc3cc(Cl)ccc3Cl)c2)C1. The molecular weight excluding hydrogens is 438 g/mol. The van der Waals surface area contributed by atoms with Crippen molar-refractivity contribution in [3.63, 3.8) is 0 Å². The van der Waals surface area contributed by atoms with Gasteiger partial charge in [0.1, 0.15) is 5.82 Å². The standard InChI is InChI=1S/C20H21Cl2FN2O3S/c1-12-7-13(2)11-25(10-12)29(27,28)15-4-6-18(23)16(9-15)20(26)24-19-8-14(21)3-5-17(19)22/h3-6,8-9,12-13H,7,10-11H2,1-2H3,(H,24,26)/t12-,13-/m0/s1. The van der Waals surface area contributed by atoms with Gasteiger partial charge in [0.25, 0.3) is 5.91 Å². The molecule has 1 aliphatic rings. The average Bonchev–Trinajstić information content (AvgIpc) is 2.64. The summed E-state index contributed by atoms with van der Waals surface area (Å²) >= 11 is 11.9. The summed E-state index contributed by atoms with van der Waals surface area (Å²) < 4.78 is 41.8. The molecule has 2 aromatic carbocycles.